The summed E-state index contributed by atoms with van der Waals surface area (Å²) in [5, 5.41) is 36.2. The highest BCUT2D eigenvalue weighted by Gasteiger charge is 2.41. The summed E-state index contributed by atoms with van der Waals surface area (Å²) in [6.45, 7) is -0.415. The zero-order chi connectivity index (χ0) is 9.30. The van der Waals surface area contributed by atoms with Gasteiger partial charge < -0.3 is 25.2 Å². The van der Waals surface area contributed by atoms with Crippen molar-refractivity contribution in [2.24, 2.45) is 0 Å². The highest BCUT2D eigenvalue weighted by atomic mass is 32.1. The topological polar surface area (TPSA) is 90.2 Å². The van der Waals surface area contributed by atoms with Gasteiger partial charge in [0.1, 0.15) is 29.9 Å². The first-order chi connectivity index (χ1) is 5.57. The summed E-state index contributed by atoms with van der Waals surface area (Å²) in [6.07, 6.45) is -4.70. The van der Waals surface area contributed by atoms with Crippen LogP contribution in [0.1, 0.15) is 0 Å². The summed E-state index contributed by atoms with van der Waals surface area (Å²) < 4.78 is 4.88. The molecule has 1 aliphatic rings. The van der Waals surface area contributed by atoms with E-state index in [-0.39, 0.29) is 0 Å². The molecule has 1 saturated heterocycles. The van der Waals surface area contributed by atoms with Gasteiger partial charge in [-0.1, -0.05) is 0 Å². The lowest BCUT2D eigenvalue weighted by atomic mass is 10.0. The molecule has 1 aliphatic heterocycles. The Bertz CT molecular complexity index is 150. The number of thiol groups is 1. The van der Waals surface area contributed by atoms with Crippen LogP contribution < -0.4 is 0 Å². The molecule has 1 fully saturated rings. The van der Waals surface area contributed by atoms with Crippen LogP contribution in [0.15, 0.2) is 0 Å². The van der Waals surface area contributed by atoms with Crippen LogP contribution >= 0.6 is 12.6 Å². The second-order valence-corrected chi connectivity index (χ2v) is 3.23. The van der Waals surface area contributed by atoms with E-state index in [1.54, 1.807) is 0 Å². The minimum atomic E-state index is -1.32. The van der Waals surface area contributed by atoms with Gasteiger partial charge in [-0.25, -0.2) is 0 Å². The number of hydrogen-bond acceptors (Lipinski definition) is 6. The molecule has 0 aromatic rings. The average molecular weight is 196 g/mol. The van der Waals surface area contributed by atoms with Crippen LogP contribution in [0, 0.1) is 0 Å². The molecule has 0 spiro atoms. The van der Waals surface area contributed by atoms with E-state index in [0.717, 1.165) is 0 Å². The minimum absolute atomic E-state index is 0.415. The predicted molar refractivity (Wildman–Crippen MR) is 42.8 cm³/mol. The summed E-state index contributed by atoms with van der Waals surface area (Å²) in [5.41, 5.74) is -0.874. The molecule has 0 aromatic heterocycles. The molecule has 0 amide bonds. The summed E-state index contributed by atoms with van der Waals surface area (Å²) in [5.74, 6) is 0. The fourth-order valence-electron chi connectivity index (χ4n) is 1.08. The molecular weight excluding hydrogens is 184 g/mol. The molecule has 72 valence electrons. The second kappa shape index (κ2) is 3.91. The Morgan fingerprint density at radius 3 is 2.17 bits per heavy atom. The van der Waals surface area contributed by atoms with Gasteiger partial charge in [0.2, 0.25) is 0 Å². The third kappa shape index (κ3) is 1.73. The smallest absolute Gasteiger partial charge is 0.129 e. The fourth-order valence-corrected chi connectivity index (χ4v) is 1.41. The third-order valence-electron chi connectivity index (χ3n) is 1.87. The molecule has 5 nitrogen and oxygen atoms in total. The van der Waals surface area contributed by atoms with Crippen molar-refractivity contribution in [2.45, 2.75) is 29.9 Å². The summed E-state index contributed by atoms with van der Waals surface area (Å²) in [6, 6.07) is 0. The van der Waals surface area contributed by atoms with Crippen LogP contribution in [0.25, 0.3) is 0 Å². The standard InChI is InChI=1S/C6H12O5S/c7-1-2-3(8)4(9)5(10)6(12)11-2/h2-10,12H,1H2/t2-,3+,4+,5-,6-/m1/s1. The lowest BCUT2D eigenvalue weighted by Crippen LogP contribution is -2.56. The van der Waals surface area contributed by atoms with E-state index >= 15 is 0 Å². The number of aliphatic hydroxyl groups is 4. The van der Waals surface area contributed by atoms with Crippen LogP contribution in [0.3, 0.4) is 0 Å². The first-order valence-corrected chi connectivity index (χ1v) is 4.08. The Morgan fingerprint density at radius 1 is 1.08 bits per heavy atom. The Kier molecular flexibility index (Phi) is 3.33. The van der Waals surface area contributed by atoms with E-state index in [2.05, 4.69) is 12.6 Å². The van der Waals surface area contributed by atoms with E-state index in [4.69, 9.17) is 14.9 Å². The van der Waals surface area contributed by atoms with Gasteiger partial charge in [-0.3, -0.25) is 0 Å². The molecule has 4 N–H and O–H groups in total. The molecule has 0 saturated carbocycles. The first kappa shape index (κ1) is 10.2. The van der Waals surface area contributed by atoms with Gasteiger partial charge in [0.15, 0.2) is 0 Å². The molecule has 12 heavy (non-hydrogen) atoms. The molecule has 0 aliphatic carbocycles. The van der Waals surface area contributed by atoms with Crippen molar-refractivity contribution in [3.8, 4) is 0 Å². The monoisotopic (exact) mass is 196 g/mol. The average Bonchev–Trinajstić information content (AvgIpc) is 2.08. The van der Waals surface area contributed by atoms with E-state index in [9.17, 15) is 10.2 Å². The number of hydrogen-bond donors (Lipinski definition) is 5. The molecule has 0 bridgehead atoms. The van der Waals surface area contributed by atoms with Crippen molar-refractivity contribution in [1.29, 1.82) is 0 Å². The Labute approximate surface area is 75.0 Å². The molecule has 0 unspecified atom stereocenters. The molecular formula is C6H12O5S. The van der Waals surface area contributed by atoms with Gasteiger partial charge in [-0.15, -0.1) is 12.6 Å². The maximum atomic E-state index is 9.20. The largest absolute Gasteiger partial charge is 0.394 e. The van der Waals surface area contributed by atoms with Crippen LogP contribution in [-0.2, 0) is 4.74 Å². The summed E-state index contributed by atoms with van der Waals surface area (Å²) in [7, 11) is 0. The Morgan fingerprint density at radius 2 is 1.67 bits per heavy atom. The van der Waals surface area contributed by atoms with Crippen molar-refractivity contribution in [1.82, 2.24) is 0 Å². The Hall–Kier alpha value is 0.150. The minimum Gasteiger partial charge on any atom is -0.394 e. The lowest BCUT2D eigenvalue weighted by Gasteiger charge is -2.37. The van der Waals surface area contributed by atoms with Crippen molar-refractivity contribution in [2.75, 3.05) is 6.61 Å². The molecule has 6 heteroatoms. The highest BCUT2D eigenvalue weighted by molar-refractivity contribution is 7.80. The van der Waals surface area contributed by atoms with Gasteiger partial charge in [-0.05, 0) is 0 Å². The number of aliphatic hydroxyl groups excluding tert-OH is 4. The van der Waals surface area contributed by atoms with Crippen LogP contribution in [0.4, 0.5) is 0 Å². The summed E-state index contributed by atoms with van der Waals surface area (Å²) in [4.78, 5) is 0. The molecule has 1 rings (SSSR count). The van der Waals surface area contributed by atoms with Crippen molar-refractivity contribution < 1.29 is 25.2 Å². The third-order valence-corrected chi connectivity index (χ3v) is 2.29. The molecule has 5 atom stereocenters. The van der Waals surface area contributed by atoms with Crippen molar-refractivity contribution in [3.05, 3.63) is 0 Å². The highest BCUT2D eigenvalue weighted by Crippen LogP contribution is 2.22. The number of rotatable bonds is 1. The zero-order valence-corrected chi connectivity index (χ0v) is 7.13. The van der Waals surface area contributed by atoms with Gasteiger partial charge in [0.05, 0.1) is 6.61 Å². The lowest BCUT2D eigenvalue weighted by molar-refractivity contribution is -0.205. The van der Waals surface area contributed by atoms with Gasteiger partial charge in [0, 0.05) is 0 Å². The van der Waals surface area contributed by atoms with Crippen molar-refractivity contribution in [3.63, 3.8) is 0 Å². The maximum absolute atomic E-state index is 9.20. The normalized spacial score (nSPS) is 49.2. The molecule has 0 radical (unpaired) electrons. The van der Waals surface area contributed by atoms with Crippen LogP contribution in [0.2, 0.25) is 0 Å². The van der Waals surface area contributed by atoms with E-state index in [1.807, 2.05) is 0 Å². The predicted octanol–water partition coefficient (Wildman–Crippen LogP) is -2.28. The Balaban J connectivity index is 2.63. The van der Waals surface area contributed by atoms with E-state index in [1.165, 1.54) is 0 Å². The van der Waals surface area contributed by atoms with Crippen LogP contribution in [-0.4, -0.2) is 56.9 Å². The fraction of sp³-hybridized carbons (Fsp3) is 1.00. The van der Waals surface area contributed by atoms with E-state index < -0.39 is 36.5 Å². The zero-order valence-electron chi connectivity index (χ0n) is 6.24. The van der Waals surface area contributed by atoms with E-state index in [0.29, 0.717) is 0 Å². The molecule has 0 aromatic carbocycles. The maximum Gasteiger partial charge on any atom is 0.129 e. The van der Waals surface area contributed by atoms with Crippen LogP contribution in [0.5, 0.6) is 0 Å². The SMILES string of the molecule is OC[C@H]1O[C@H](S)[C@H](O)[C@@H](O)[C@H]1O. The first-order valence-electron chi connectivity index (χ1n) is 3.56. The van der Waals surface area contributed by atoms with Gasteiger partial charge >= 0.3 is 0 Å². The van der Waals surface area contributed by atoms with Crippen molar-refractivity contribution >= 4 is 12.6 Å². The number of ether oxygens (including phenoxy) is 1. The second-order valence-electron chi connectivity index (χ2n) is 2.72. The van der Waals surface area contributed by atoms with Gasteiger partial charge in [0.25, 0.3) is 0 Å². The quantitative estimate of drug-likeness (QED) is 0.305. The molecule has 1 heterocycles. The van der Waals surface area contributed by atoms with Gasteiger partial charge in [-0.2, -0.15) is 0 Å². The summed E-state index contributed by atoms with van der Waals surface area (Å²) >= 11 is 3.81.